The van der Waals surface area contributed by atoms with Crippen molar-refractivity contribution >= 4 is 21.1 Å². The fraction of sp³-hybridized carbons (Fsp3) is 0.667. The van der Waals surface area contributed by atoms with E-state index in [1.807, 2.05) is 13.8 Å². The summed E-state index contributed by atoms with van der Waals surface area (Å²) in [6.07, 6.45) is 2.79. The molecular formula is C9H18N2O2S2. The molecule has 0 fully saturated rings. The summed E-state index contributed by atoms with van der Waals surface area (Å²) in [6.45, 7) is 7.26. The lowest BCUT2D eigenvalue weighted by atomic mass is 10.1. The van der Waals surface area contributed by atoms with E-state index in [0.717, 1.165) is 11.3 Å². The Bertz CT molecular complexity index is 402. The normalized spacial score (nSPS) is 15.1. The van der Waals surface area contributed by atoms with Gasteiger partial charge >= 0.3 is 0 Å². The van der Waals surface area contributed by atoms with E-state index >= 15 is 0 Å². The Morgan fingerprint density at radius 3 is 2.20 bits per heavy atom. The lowest BCUT2D eigenvalue weighted by Gasteiger charge is -2.12. The molecule has 0 aliphatic heterocycles. The highest BCUT2D eigenvalue weighted by Gasteiger charge is 2.21. The number of nitrogens with zero attached hydrogens (tertiary/aromatic N) is 1. The van der Waals surface area contributed by atoms with E-state index in [-0.39, 0.29) is 4.34 Å². The molecule has 6 heteroatoms. The molecule has 0 radical (unpaired) electrons. The zero-order valence-corrected chi connectivity index (χ0v) is 11.3. The molecule has 0 spiro atoms. The van der Waals surface area contributed by atoms with Gasteiger partial charge in [0.15, 0.2) is 4.34 Å². The number of aromatic nitrogens is 1. The predicted octanol–water partition coefficient (Wildman–Crippen LogP) is 2.43. The van der Waals surface area contributed by atoms with E-state index in [1.54, 1.807) is 13.8 Å². The van der Waals surface area contributed by atoms with Crippen LogP contribution in [0.3, 0.4) is 0 Å². The number of rotatable bonds is 2. The van der Waals surface area contributed by atoms with Gasteiger partial charge in [0.1, 0.15) is 0 Å². The van der Waals surface area contributed by atoms with E-state index in [0.29, 0.717) is 4.88 Å². The van der Waals surface area contributed by atoms with Crippen LogP contribution in [0, 0.1) is 4.78 Å². The number of thiazole rings is 1. The van der Waals surface area contributed by atoms with Crippen LogP contribution in [0.25, 0.3) is 0 Å². The third-order valence-corrected chi connectivity index (χ3v) is 4.50. The van der Waals surface area contributed by atoms with Gasteiger partial charge in [0.25, 0.3) is 0 Å². The molecule has 0 amide bonds. The van der Waals surface area contributed by atoms with Crippen molar-refractivity contribution in [2.45, 2.75) is 37.6 Å². The summed E-state index contributed by atoms with van der Waals surface area (Å²) in [5.74, 6) is 0. The van der Waals surface area contributed by atoms with E-state index < -0.39 is 15.3 Å². The van der Waals surface area contributed by atoms with Gasteiger partial charge in [-0.25, -0.2) is 14.0 Å². The van der Waals surface area contributed by atoms with E-state index in [4.69, 9.17) is 4.78 Å². The van der Waals surface area contributed by atoms with Gasteiger partial charge < -0.3 is 5.11 Å². The summed E-state index contributed by atoms with van der Waals surface area (Å²) in [6, 6.07) is 0. The second-order valence-corrected chi connectivity index (χ2v) is 6.76. The number of hydrogen-bond acceptors (Lipinski definition) is 5. The topological polar surface area (TPSA) is 74.0 Å². The number of nitrogens with one attached hydrogen (secondary N) is 1. The van der Waals surface area contributed by atoms with Crippen LogP contribution in [0.15, 0.2) is 10.5 Å². The Balaban J connectivity index is 0.000000921. The Kier molecular flexibility index (Phi) is 4.89. The van der Waals surface area contributed by atoms with Gasteiger partial charge in [-0.05, 0) is 13.8 Å². The van der Waals surface area contributed by atoms with Crippen molar-refractivity contribution < 1.29 is 9.32 Å². The van der Waals surface area contributed by atoms with Crippen molar-refractivity contribution in [3.63, 3.8) is 0 Å². The summed E-state index contributed by atoms with van der Waals surface area (Å²) >= 11 is 1.12. The van der Waals surface area contributed by atoms with Crippen LogP contribution < -0.4 is 0 Å². The molecule has 1 heterocycles. The Morgan fingerprint density at radius 2 is 2.00 bits per heavy atom. The molecule has 1 aromatic rings. The fourth-order valence-electron chi connectivity index (χ4n) is 0.721. The van der Waals surface area contributed by atoms with Crippen molar-refractivity contribution in [2.24, 2.45) is 0 Å². The maximum Gasteiger partial charge on any atom is 0.189 e. The minimum atomic E-state index is -2.75. The zero-order chi connectivity index (χ0) is 12.3. The molecule has 88 valence electrons. The Morgan fingerprint density at radius 1 is 1.53 bits per heavy atom. The highest BCUT2D eigenvalue weighted by Crippen LogP contribution is 2.27. The smallest absolute Gasteiger partial charge is 0.189 e. The molecule has 15 heavy (non-hydrogen) atoms. The summed E-state index contributed by atoms with van der Waals surface area (Å²) in [7, 11) is -2.75. The zero-order valence-electron chi connectivity index (χ0n) is 9.70. The van der Waals surface area contributed by atoms with Crippen LogP contribution in [0.4, 0.5) is 0 Å². The lowest BCUT2D eigenvalue weighted by Crippen LogP contribution is -2.12. The Labute approximate surface area is 95.3 Å². The molecule has 1 unspecified atom stereocenters. The average Bonchev–Trinajstić information content (AvgIpc) is 2.53. The summed E-state index contributed by atoms with van der Waals surface area (Å²) in [5, 5.41) is 9.58. The first-order valence-corrected chi connectivity index (χ1v) is 7.42. The van der Waals surface area contributed by atoms with Crippen LogP contribution >= 0.6 is 11.3 Å². The van der Waals surface area contributed by atoms with Gasteiger partial charge in [0, 0.05) is 12.5 Å². The van der Waals surface area contributed by atoms with Gasteiger partial charge in [-0.2, -0.15) is 0 Å². The molecular weight excluding hydrogens is 232 g/mol. The Hall–Kier alpha value is -0.460. The molecule has 2 N–H and O–H groups in total. The molecule has 1 aromatic heterocycles. The van der Waals surface area contributed by atoms with Gasteiger partial charge in [-0.1, -0.05) is 13.8 Å². The second-order valence-electron chi connectivity index (χ2n) is 3.39. The average molecular weight is 250 g/mol. The molecule has 4 nitrogen and oxygen atoms in total. The van der Waals surface area contributed by atoms with Crippen LogP contribution in [-0.4, -0.2) is 20.6 Å². The highest BCUT2D eigenvalue weighted by atomic mass is 32.2. The standard InChI is InChI=1S/C7H12N2O2S2.C2H6/c1-7(2,10)5-4-9-6(12-5)13(3,8)11;1-2/h4,8,10H,1-3H3;1-2H3. The maximum absolute atomic E-state index is 11.3. The van der Waals surface area contributed by atoms with Crippen molar-refractivity contribution in [2.75, 3.05) is 6.26 Å². The first-order chi connectivity index (χ1) is 6.71. The molecule has 0 aliphatic carbocycles. The largest absolute Gasteiger partial charge is 0.385 e. The van der Waals surface area contributed by atoms with Crippen molar-refractivity contribution in [3.8, 4) is 0 Å². The van der Waals surface area contributed by atoms with Gasteiger partial charge in [0.2, 0.25) is 0 Å². The highest BCUT2D eigenvalue weighted by molar-refractivity contribution is 7.93. The summed E-state index contributed by atoms with van der Waals surface area (Å²) in [5.41, 5.74) is -0.972. The van der Waals surface area contributed by atoms with Gasteiger partial charge in [-0.15, -0.1) is 11.3 Å². The third kappa shape index (κ3) is 4.27. The van der Waals surface area contributed by atoms with Crippen molar-refractivity contribution in [3.05, 3.63) is 11.1 Å². The first kappa shape index (κ1) is 14.5. The molecule has 1 rings (SSSR count). The van der Waals surface area contributed by atoms with Crippen LogP contribution in [-0.2, 0) is 15.3 Å². The number of hydrogen-bond donors (Lipinski definition) is 2. The summed E-state index contributed by atoms with van der Waals surface area (Å²) < 4.78 is 18.8. The SMILES string of the molecule is CC.CC(C)(O)c1cnc(S(C)(=N)=O)s1. The van der Waals surface area contributed by atoms with Crippen molar-refractivity contribution in [1.29, 1.82) is 4.78 Å². The molecule has 0 saturated carbocycles. The first-order valence-electron chi connectivity index (χ1n) is 4.64. The second kappa shape index (κ2) is 5.05. The third-order valence-electron chi connectivity index (χ3n) is 1.42. The van der Waals surface area contributed by atoms with Crippen LogP contribution in [0.5, 0.6) is 0 Å². The molecule has 0 bridgehead atoms. The molecule has 0 aliphatic rings. The quantitative estimate of drug-likeness (QED) is 0.846. The van der Waals surface area contributed by atoms with Crippen LogP contribution in [0.1, 0.15) is 32.6 Å². The molecule has 1 atom stereocenters. The van der Waals surface area contributed by atoms with Crippen molar-refractivity contribution in [1.82, 2.24) is 4.98 Å². The fourth-order valence-corrected chi connectivity index (χ4v) is 2.53. The van der Waals surface area contributed by atoms with Gasteiger partial charge in [0.05, 0.1) is 20.2 Å². The molecule has 0 aromatic carbocycles. The van der Waals surface area contributed by atoms with Crippen LogP contribution in [0.2, 0.25) is 0 Å². The monoisotopic (exact) mass is 250 g/mol. The molecule has 0 saturated heterocycles. The predicted molar refractivity (Wildman–Crippen MR) is 63.8 cm³/mol. The lowest BCUT2D eigenvalue weighted by molar-refractivity contribution is 0.0823. The minimum absolute atomic E-state index is 0.268. The minimum Gasteiger partial charge on any atom is -0.385 e. The van der Waals surface area contributed by atoms with E-state index in [9.17, 15) is 9.32 Å². The van der Waals surface area contributed by atoms with E-state index in [1.165, 1.54) is 12.5 Å². The van der Waals surface area contributed by atoms with Gasteiger partial charge in [-0.3, -0.25) is 0 Å². The number of aliphatic hydroxyl groups is 1. The van der Waals surface area contributed by atoms with E-state index in [2.05, 4.69) is 4.98 Å². The maximum atomic E-state index is 11.3. The summed E-state index contributed by atoms with van der Waals surface area (Å²) in [4.78, 5) is 4.48.